The fraction of sp³-hybridized carbons (Fsp3) is 0.105. The summed E-state index contributed by atoms with van der Waals surface area (Å²) in [5.74, 6) is 1.20. The Hall–Kier alpha value is -3.81. The molecule has 0 aliphatic heterocycles. The van der Waals surface area contributed by atoms with Crippen LogP contribution in [0.15, 0.2) is 61.3 Å². The number of anilines is 1. The lowest BCUT2D eigenvalue weighted by molar-refractivity contribution is 0.604. The summed E-state index contributed by atoms with van der Waals surface area (Å²) in [5.41, 5.74) is 9.84. The molecule has 5 aromatic rings. The van der Waals surface area contributed by atoms with E-state index in [1.54, 1.807) is 12.5 Å². The van der Waals surface area contributed by atoms with Crippen LogP contribution in [0.25, 0.3) is 28.0 Å². The molecule has 132 valence electrons. The molecule has 0 bridgehead atoms. The molecule has 4 heterocycles. The summed E-state index contributed by atoms with van der Waals surface area (Å²) >= 11 is 0. The summed E-state index contributed by atoms with van der Waals surface area (Å²) in [7, 11) is 0. The van der Waals surface area contributed by atoms with Gasteiger partial charge < -0.3 is 10.3 Å². The molecule has 27 heavy (non-hydrogen) atoms. The van der Waals surface area contributed by atoms with Gasteiger partial charge in [0.15, 0.2) is 17.1 Å². The van der Waals surface area contributed by atoms with Crippen LogP contribution in [0.5, 0.6) is 0 Å². The number of fused-ring (bicyclic) bond motifs is 2. The Morgan fingerprint density at radius 2 is 1.78 bits per heavy atom. The maximum absolute atomic E-state index is 5.93. The molecule has 8 nitrogen and oxygen atoms in total. The molecule has 0 saturated carbocycles. The molecule has 0 amide bonds. The lowest BCUT2D eigenvalue weighted by atomic mass is 10.2. The van der Waals surface area contributed by atoms with E-state index in [1.807, 2.05) is 47.0 Å². The molecule has 1 atom stereocenters. The molecule has 0 radical (unpaired) electrons. The van der Waals surface area contributed by atoms with Crippen LogP contribution in [-0.2, 0) is 0 Å². The molecule has 8 heteroatoms. The standard InChI is InChI=1S/C19H16N8/c1-12(26-11-24-15-16(20)22-10-23-19(15)26)17-25-14-8-5-9-21-18(14)27(17)13-6-3-2-4-7-13/h2-12H,1H3,(H2,20,22,23). The number of nitrogens with two attached hydrogens (primary N) is 1. The summed E-state index contributed by atoms with van der Waals surface area (Å²) in [5, 5.41) is 0. The second-order valence-corrected chi connectivity index (χ2v) is 6.25. The van der Waals surface area contributed by atoms with Crippen LogP contribution in [0.1, 0.15) is 18.8 Å². The maximum Gasteiger partial charge on any atom is 0.166 e. The minimum absolute atomic E-state index is 0.140. The average Bonchev–Trinajstić information content (AvgIpc) is 3.31. The largest absolute Gasteiger partial charge is 0.382 e. The Balaban J connectivity index is 1.76. The van der Waals surface area contributed by atoms with E-state index in [2.05, 4.69) is 31.4 Å². The molecular formula is C19H16N8. The van der Waals surface area contributed by atoms with E-state index in [0.29, 0.717) is 17.0 Å². The zero-order chi connectivity index (χ0) is 18.4. The third-order valence-corrected chi connectivity index (χ3v) is 4.63. The lowest BCUT2D eigenvalue weighted by Gasteiger charge is -2.16. The summed E-state index contributed by atoms with van der Waals surface area (Å²) in [6, 6.07) is 13.8. The van der Waals surface area contributed by atoms with Gasteiger partial charge in [-0.1, -0.05) is 18.2 Å². The van der Waals surface area contributed by atoms with Crippen molar-refractivity contribution >= 4 is 28.1 Å². The molecule has 1 aromatic carbocycles. The number of imidazole rings is 2. The number of rotatable bonds is 3. The summed E-state index contributed by atoms with van der Waals surface area (Å²) in [6.07, 6.45) is 4.95. The monoisotopic (exact) mass is 356 g/mol. The predicted octanol–water partition coefficient (Wildman–Crippen LogP) is 2.75. The van der Waals surface area contributed by atoms with E-state index in [4.69, 9.17) is 10.7 Å². The van der Waals surface area contributed by atoms with Gasteiger partial charge in [0.1, 0.15) is 23.2 Å². The van der Waals surface area contributed by atoms with Crippen LogP contribution in [0, 0.1) is 0 Å². The minimum Gasteiger partial charge on any atom is -0.382 e. The Morgan fingerprint density at radius 3 is 2.63 bits per heavy atom. The number of benzene rings is 1. The van der Waals surface area contributed by atoms with E-state index in [9.17, 15) is 0 Å². The minimum atomic E-state index is -0.140. The quantitative estimate of drug-likeness (QED) is 0.533. The van der Waals surface area contributed by atoms with Crippen molar-refractivity contribution in [2.24, 2.45) is 0 Å². The first-order valence-corrected chi connectivity index (χ1v) is 8.56. The third-order valence-electron chi connectivity index (χ3n) is 4.63. The van der Waals surface area contributed by atoms with E-state index >= 15 is 0 Å². The molecule has 0 aliphatic carbocycles. The molecule has 0 fully saturated rings. The Morgan fingerprint density at radius 1 is 0.926 bits per heavy atom. The normalized spacial score (nSPS) is 12.6. The molecule has 0 spiro atoms. The van der Waals surface area contributed by atoms with Gasteiger partial charge in [0.05, 0.1) is 12.4 Å². The third kappa shape index (κ3) is 2.34. The summed E-state index contributed by atoms with van der Waals surface area (Å²) in [6.45, 7) is 2.06. The van der Waals surface area contributed by atoms with Crippen LogP contribution in [0.4, 0.5) is 5.82 Å². The van der Waals surface area contributed by atoms with Gasteiger partial charge in [-0.25, -0.2) is 24.9 Å². The summed E-state index contributed by atoms with van der Waals surface area (Å²) in [4.78, 5) is 22.2. The van der Waals surface area contributed by atoms with Gasteiger partial charge in [0, 0.05) is 11.9 Å². The molecule has 4 aromatic heterocycles. The summed E-state index contributed by atoms with van der Waals surface area (Å²) < 4.78 is 4.02. The van der Waals surface area contributed by atoms with Gasteiger partial charge >= 0.3 is 0 Å². The van der Waals surface area contributed by atoms with Crippen molar-refractivity contribution in [2.75, 3.05) is 5.73 Å². The predicted molar refractivity (Wildman–Crippen MR) is 102 cm³/mol. The van der Waals surface area contributed by atoms with E-state index in [-0.39, 0.29) is 6.04 Å². The van der Waals surface area contributed by atoms with Gasteiger partial charge in [-0.15, -0.1) is 0 Å². The maximum atomic E-state index is 5.93. The van der Waals surface area contributed by atoms with Gasteiger partial charge in [-0.05, 0) is 31.2 Å². The first kappa shape index (κ1) is 15.4. The van der Waals surface area contributed by atoms with Crippen LogP contribution in [-0.4, -0.2) is 34.1 Å². The smallest absolute Gasteiger partial charge is 0.166 e. The number of hydrogen-bond donors (Lipinski definition) is 1. The van der Waals surface area contributed by atoms with Crippen molar-refractivity contribution in [3.63, 3.8) is 0 Å². The molecule has 0 aliphatic rings. The van der Waals surface area contributed by atoms with E-state index in [1.165, 1.54) is 6.33 Å². The van der Waals surface area contributed by atoms with E-state index < -0.39 is 0 Å². The highest BCUT2D eigenvalue weighted by atomic mass is 15.2. The zero-order valence-electron chi connectivity index (χ0n) is 14.6. The van der Waals surface area contributed by atoms with Crippen LogP contribution >= 0.6 is 0 Å². The van der Waals surface area contributed by atoms with Gasteiger partial charge in [0.2, 0.25) is 0 Å². The average molecular weight is 356 g/mol. The van der Waals surface area contributed by atoms with Gasteiger partial charge in [-0.3, -0.25) is 4.57 Å². The first-order chi connectivity index (χ1) is 13.2. The highest BCUT2D eigenvalue weighted by Crippen LogP contribution is 2.28. The second-order valence-electron chi connectivity index (χ2n) is 6.25. The molecule has 2 N–H and O–H groups in total. The van der Waals surface area contributed by atoms with Crippen LogP contribution in [0.2, 0.25) is 0 Å². The van der Waals surface area contributed by atoms with Crippen molar-refractivity contribution in [1.82, 2.24) is 34.1 Å². The SMILES string of the molecule is CC(c1nc2cccnc2n1-c1ccccc1)n1cnc2c(N)ncnc21. The lowest BCUT2D eigenvalue weighted by Crippen LogP contribution is -2.13. The van der Waals surface area contributed by atoms with Crippen molar-refractivity contribution in [3.8, 4) is 5.69 Å². The number of para-hydroxylation sites is 1. The van der Waals surface area contributed by atoms with Gasteiger partial charge in [-0.2, -0.15) is 0 Å². The van der Waals surface area contributed by atoms with Crippen molar-refractivity contribution in [2.45, 2.75) is 13.0 Å². The van der Waals surface area contributed by atoms with Gasteiger partial charge in [0.25, 0.3) is 0 Å². The highest BCUT2D eigenvalue weighted by molar-refractivity contribution is 5.81. The number of nitrogens with zero attached hydrogens (tertiary/aromatic N) is 7. The van der Waals surface area contributed by atoms with Crippen molar-refractivity contribution < 1.29 is 0 Å². The van der Waals surface area contributed by atoms with Crippen LogP contribution in [0.3, 0.4) is 0 Å². The topological polar surface area (TPSA) is 100 Å². The second kappa shape index (κ2) is 5.87. The fourth-order valence-corrected chi connectivity index (χ4v) is 3.32. The molecule has 1 unspecified atom stereocenters. The Labute approximate surface area is 154 Å². The molecular weight excluding hydrogens is 340 g/mol. The molecule has 0 saturated heterocycles. The molecule has 5 rings (SSSR count). The van der Waals surface area contributed by atoms with Crippen molar-refractivity contribution in [3.05, 3.63) is 67.1 Å². The number of nitrogen functional groups attached to an aromatic ring is 1. The Bertz CT molecular complexity index is 1250. The number of pyridine rings is 1. The fourth-order valence-electron chi connectivity index (χ4n) is 3.32. The van der Waals surface area contributed by atoms with Crippen molar-refractivity contribution in [1.29, 1.82) is 0 Å². The number of hydrogen-bond acceptors (Lipinski definition) is 6. The van der Waals surface area contributed by atoms with E-state index in [0.717, 1.165) is 22.7 Å². The van der Waals surface area contributed by atoms with Crippen LogP contribution < -0.4 is 5.73 Å². The first-order valence-electron chi connectivity index (χ1n) is 8.56. The number of aromatic nitrogens is 7. The Kier molecular flexibility index (Phi) is 3.36. The highest BCUT2D eigenvalue weighted by Gasteiger charge is 2.22. The zero-order valence-corrected chi connectivity index (χ0v) is 14.6.